The van der Waals surface area contributed by atoms with Crippen LogP contribution in [0.5, 0.6) is 11.5 Å². The van der Waals surface area contributed by atoms with E-state index in [4.69, 9.17) is 22.7 Å². The van der Waals surface area contributed by atoms with Crippen LogP contribution >= 0.6 is 12.2 Å². The lowest BCUT2D eigenvalue weighted by Crippen LogP contribution is -2.09. The van der Waals surface area contributed by atoms with Crippen molar-refractivity contribution in [3.63, 3.8) is 0 Å². The first-order valence-electron chi connectivity index (χ1n) is 5.09. The molecule has 2 aromatic rings. The zero-order chi connectivity index (χ0) is 13.1. The van der Waals surface area contributed by atoms with E-state index in [1.807, 2.05) is 0 Å². The zero-order valence-corrected chi connectivity index (χ0v) is 10.0. The van der Waals surface area contributed by atoms with E-state index in [0.29, 0.717) is 5.56 Å². The van der Waals surface area contributed by atoms with E-state index < -0.39 is 11.6 Å². The molecule has 0 aliphatic rings. The Morgan fingerprint density at radius 1 is 1.11 bits per heavy atom. The number of nitrogens with two attached hydrogens (primary N) is 1. The summed E-state index contributed by atoms with van der Waals surface area (Å²) in [4.78, 5) is 0.103. The van der Waals surface area contributed by atoms with E-state index in [1.54, 1.807) is 6.07 Å². The summed E-state index contributed by atoms with van der Waals surface area (Å²) in [5, 5.41) is 0. The molecule has 92 valence electrons. The molecule has 0 amide bonds. The summed E-state index contributed by atoms with van der Waals surface area (Å²) in [5.41, 5.74) is 5.79. The molecule has 0 bridgehead atoms. The minimum atomic E-state index is -0.607. The van der Waals surface area contributed by atoms with Gasteiger partial charge in [-0.25, -0.2) is 8.78 Å². The number of halogens is 2. The first-order valence-corrected chi connectivity index (χ1v) is 5.50. The lowest BCUT2D eigenvalue weighted by atomic mass is 10.2. The third kappa shape index (κ3) is 2.81. The van der Waals surface area contributed by atoms with Crippen molar-refractivity contribution in [1.29, 1.82) is 0 Å². The van der Waals surface area contributed by atoms with Crippen molar-refractivity contribution in [2.24, 2.45) is 5.73 Å². The minimum Gasteiger partial charge on any atom is -0.454 e. The van der Waals surface area contributed by atoms with E-state index >= 15 is 0 Å². The van der Waals surface area contributed by atoms with Crippen molar-refractivity contribution >= 4 is 17.2 Å². The van der Waals surface area contributed by atoms with Crippen LogP contribution in [0.25, 0.3) is 0 Å². The Morgan fingerprint density at radius 2 is 1.89 bits per heavy atom. The van der Waals surface area contributed by atoms with Gasteiger partial charge in [-0.15, -0.1) is 0 Å². The summed E-state index contributed by atoms with van der Waals surface area (Å²) in [5.74, 6) is -0.852. The van der Waals surface area contributed by atoms with Gasteiger partial charge in [0.05, 0.1) is 0 Å². The van der Waals surface area contributed by atoms with Gasteiger partial charge in [-0.1, -0.05) is 18.3 Å². The maximum absolute atomic E-state index is 13.7. The van der Waals surface area contributed by atoms with Crippen LogP contribution in [-0.2, 0) is 0 Å². The van der Waals surface area contributed by atoms with Crippen molar-refractivity contribution < 1.29 is 13.5 Å². The zero-order valence-electron chi connectivity index (χ0n) is 9.19. The SMILES string of the molecule is NC(=S)c1ccc(Oc2cccc(F)c2)c(F)c1. The highest BCUT2D eigenvalue weighted by Gasteiger charge is 2.07. The molecule has 0 atom stereocenters. The molecule has 2 rings (SSSR count). The molecule has 0 saturated carbocycles. The van der Waals surface area contributed by atoms with Crippen LogP contribution in [-0.4, -0.2) is 4.99 Å². The normalized spacial score (nSPS) is 10.1. The fraction of sp³-hybridized carbons (Fsp3) is 0. The molecule has 0 unspecified atom stereocenters. The topological polar surface area (TPSA) is 35.2 Å². The lowest BCUT2D eigenvalue weighted by molar-refractivity contribution is 0.439. The highest BCUT2D eigenvalue weighted by atomic mass is 32.1. The molecule has 2 N–H and O–H groups in total. The van der Waals surface area contributed by atoms with Crippen molar-refractivity contribution in [1.82, 2.24) is 0 Å². The van der Waals surface area contributed by atoms with Crippen molar-refractivity contribution in [2.45, 2.75) is 0 Å². The average molecular weight is 265 g/mol. The average Bonchev–Trinajstić information content (AvgIpc) is 2.31. The van der Waals surface area contributed by atoms with E-state index in [0.717, 1.165) is 0 Å². The Bertz CT molecular complexity index is 601. The lowest BCUT2D eigenvalue weighted by Gasteiger charge is -2.07. The Labute approximate surface area is 108 Å². The summed E-state index contributed by atoms with van der Waals surface area (Å²) in [7, 11) is 0. The van der Waals surface area contributed by atoms with Crippen molar-refractivity contribution in [2.75, 3.05) is 0 Å². The molecule has 2 aromatic carbocycles. The van der Waals surface area contributed by atoms with E-state index in [-0.39, 0.29) is 16.5 Å². The molecule has 2 nitrogen and oxygen atoms in total. The third-order valence-electron chi connectivity index (χ3n) is 2.24. The first kappa shape index (κ1) is 12.4. The Balaban J connectivity index is 2.27. The van der Waals surface area contributed by atoms with Crippen LogP contribution < -0.4 is 10.5 Å². The summed E-state index contributed by atoms with van der Waals surface area (Å²) < 4.78 is 31.8. The molecule has 0 aliphatic heterocycles. The minimum absolute atomic E-state index is 0.0133. The Hall–Kier alpha value is -2.01. The quantitative estimate of drug-likeness (QED) is 0.864. The standard InChI is InChI=1S/C13H9F2NOS/c14-9-2-1-3-10(7-9)17-12-5-4-8(13(16)18)6-11(12)15/h1-7H,(H2,16,18). The predicted molar refractivity (Wildman–Crippen MR) is 68.8 cm³/mol. The summed E-state index contributed by atoms with van der Waals surface area (Å²) in [6, 6.07) is 9.57. The van der Waals surface area contributed by atoms with Gasteiger partial charge in [-0.05, 0) is 30.3 Å². The van der Waals surface area contributed by atoms with Gasteiger partial charge in [0.2, 0.25) is 0 Å². The number of rotatable bonds is 3. The van der Waals surface area contributed by atoms with Crippen LogP contribution in [0.2, 0.25) is 0 Å². The maximum Gasteiger partial charge on any atom is 0.166 e. The predicted octanol–water partition coefficient (Wildman–Crippen LogP) is 3.39. The molecule has 0 fully saturated rings. The number of benzene rings is 2. The van der Waals surface area contributed by atoms with Crippen LogP contribution in [0, 0.1) is 11.6 Å². The van der Waals surface area contributed by atoms with Gasteiger partial charge in [-0.3, -0.25) is 0 Å². The molecule has 0 aliphatic carbocycles. The van der Waals surface area contributed by atoms with Gasteiger partial charge < -0.3 is 10.5 Å². The summed E-state index contributed by atoms with van der Waals surface area (Å²) in [6.07, 6.45) is 0. The van der Waals surface area contributed by atoms with E-state index in [2.05, 4.69) is 0 Å². The molecule has 0 aromatic heterocycles. The van der Waals surface area contributed by atoms with Gasteiger partial charge in [-0.2, -0.15) is 0 Å². The largest absolute Gasteiger partial charge is 0.454 e. The van der Waals surface area contributed by atoms with Gasteiger partial charge in [0, 0.05) is 11.6 Å². The second kappa shape index (κ2) is 5.10. The van der Waals surface area contributed by atoms with Crippen LogP contribution in [0.1, 0.15) is 5.56 Å². The molecule has 5 heteroatoms. The molecule has 0 saturated heterocycles. The van der Waals surface area contributed by atoms with Gasteiger partial charge >= 0.3 is 0 Å². The molecular formula is C13H9F2NOS. The van der Waals surface area contributed by atoms with Crippen LogP contribution in [0.3, 0.4) is 0 Å². The van der Waals surface area contributed by atoms with Gasteiger partial charge in [0.25, 0.3) is 0 Å². The highest BCUT2D eigenvalue weighted by molar-refractivity contribution is 7.80. The second-order valence-electron chi connectivity index (χ2n) is 3.57. The number of ether oxygens (including phenoxy) is 1. The number of hydrogen-bond donors (Lipinski definition) is 1. The summed E-state index contributed by atoms with van der Waals surface area (Å²) in [6.45, 7) is 0. The molecule has 0 spiro atoms. The third-order valence-corrected chi connectivity index (χ3v) is 2.48. The molecule has 0 radical (unpaired) electrons. The number of thiocarbonyl (C=S) groups is 1. The summed E-state index contributed by atoms with van der Waals surface area (Å²) >= 11 is 4.73. The molecule has 0 heterocycles. The molecular weight excluding hydrogens is 256 g/mol. The van der Waals surface area contributed by atoms with Gasteiger partial charge in [0.15, 0.2) is 11.6 Å². The first-order chi connectivity index (χ1) is 8.56. The fourth-order valence-corrected chi connectivity index (χ4v) is 1.52. The maximum atomic E-state index is 13.7. The van der Waals surface area contributed by atoms with Crippen LogP contribution in [0.4, 0.5) is 8.78 Å². The van der Waals surface area contributed by atoms with Crippen molar-refractivity contribution in [3.8, 4) is 11.5 Å². The Morgan fingerprint density at radius 3 is 2.50 bits per heavy atom. The molecule has 18 heavy (non-hydrogen) atoms. The monoisotopic (exact) mass is 265 g/mol. The highest BCUT2D eigenvalue weighted by Crippen LogP contribution is 2.25. The van der Waals surface area contributed by atoms with Gasteiger partial charge in [0.1, 0.15) is 16.6 Å². The second-order valence-corrected chi connectivity index (χ2v) is 4.01. The smallest absolute Gasteiger partial charge is 0.166 e. The van der Waals surface area contributed by atoms with Crippen molar-refractivity contribution in [3.05, 3.63) is 59.7 Å². The van der Waals surface area contributed by atoms with E-state index in [9.17, 15) is 8.78 Å². The Kier molecular flexibility index (Phi) is 3.53. The number of hydrogen-bond acceptors (Lipinski definition) is 2. The van der Waals surface area contributed by atoms with E-state index in [1.165, 1.54) is 36.4 Å². The van der Waals surface area contributed by atoms with Crippen LogP contribution in [0.15, 0.2) is 42.5 Å². The fourth-order valence-electron chi connectivity index (χ4n) is 1.39.